The zero-order valence-electron chi connectivity index (χ0n) is 24.7. The molecule has 0 saturated carbocycles. The predicted octanol–water partition coefficient (Wildman–Crippen LogP) is 4.48. The number of halogens is 3. The first-order valence-corrected chi connectivity index (χ1v) is 15.5. The van der Waals surface area contributed by atoms with E-state index in [2.05, 4.69) is 31.2 Å². The summed E-state index contributed by atoms with van der Waals surface area (Å²) in [4.78, 5) is 29.8. The van der Waals surface area contributed by atoms with Crippen molar-refractivity contribution >= 4 is 17.4 Å². The molecule has 43 heavy (non-hydrogen) atoms. The molecular formula is C32H39F3N6O2. The number of anilines is 2. The van der Waals surface area contributed by atoms with Gasteiger partial charge in [-0.15, -0.1) is 0 Å². The Balaban J connectivity index is 1.11. The number of ether oxygens (including phenoxy) is 1. The smallest absolute Gasteiger partial charge is 0.280 e. The molecule has 5 aliphatic heterocycles. The lowest BCUT2D eigenvalue weighted by Gasteiger charge is -2.55. The molecule has 11 heteroatoms. The standard InChI is InChI=1S/C32H39F3N6O2/c1-3-27(42)40-15-13-38(14-16-40)24-19-41-22(24)6-4-5-21-23(41)17-26(37-29(21)31(34)35)39-11-8-32(9-12-39)28-20(2)7-10-36-30(28)25(18-33)43-32/h3,7,10,17,22,24-25,31H,1,4-6,8-9,11-16,18-19H2,2H3. The van der Waals surface area contributed by atoms with Crippen molar-refractivity contribution in [2.75, 3.05) is 62.3 Å². The van der Waals surface area contributed by atoms with Crippen LogP contribution in [0.15, 0.2) is 31.0 Å². The monoisotopic (exact) mass is 596 g/mol. The largest absolute Gasteiger partial charge is 0.365 e. The maximum absolute atomic E-state index is 14.5. The first kappa shape index (κ1) is 28.6. The van der Waals surface area contributed by atoms with Crippen LogP contribution in [-0.4, -0.2) is 90.2 Å². The van der Waals surface area contributed by atoms with Gasteiger partial charge in [-0.25, -0.2) is 18.2 Å². The van der Waals surface area contributed by atoms with Crippen molar-refractivity contribution in [1.82, 2.24) is 19.8 Å². The van der Waals surface area contributed by atoms with E-state index in [-0.39, 0.29) is 17.6 Å². The molecule has 0 aliphatic carbocycles. The Morgan fingerprint density at radius 3 is 2.65 bits per heavy atom. The zero-order chi connectivity index (χ0) is 29.9. The lowest BCUT2D eigenvalue weighted by molar-refractivity contribution is -0.128. The van der Waals surface area contributed by atoms with E-state index in [1.165, 1.54) is 6.08 Å². The van der Waals surface area contributed by atoms with Gasteiger partial charge in [-0.1, -0.05) is 6.58 Å². The number of amides is 1. The van der Waals surface area contributed by atoms with Crippen molar-refractivity contribution < 1.29 is 22.7 Å². The molecule has 3 fully saturated rings. The molecule has 0 radical (unpaired) electrons. The highest BCUT2D eigenvalue weighted by Crippen LogP contribution is 2.51. The minimum atomic E-state index is -2.65. The Hall–Kier alpha value is -3.18. The second-order valence-electron chi connectivity index (χ2n) is 12.5. The highest BCUT2D eigenvalue weighted by molar-refractivity contribution is 5.87. The van der Waals surface area contributed by atoms with Gasteiger partial charge in [-0.2, -0.15) is 0 Å². The van der Waals surface area contributed by atoms with Crippen molar-refractivity contribution in [3.8, 4) is 0 Å². The molecule has 3 unspecified atom stereocenters. The van der Waals surface area contributed by atoms with Crippen LogP contribution in [0.2, 0.25) is 0 Å². The van der Waals surface area contributed by atoms with E-state index in [0.29, 0.717) is 68.6 Å². The highest BCUT2D eigenvalue weighted by Gasteiger charge is 2.49. The SMILES string of the molecule is C=CC(=O)N1CCN(C2CN3c4cc(N5CCC6(CC5)OC(CF)c5nccc(C)c56)nc(C(F)F)c4CCCC23)CC1. The van der Waals surface area contributed by atoms with Crippen molar-refractivity contribution in [3.05, 3.63) is 59.1 Å². The minimum absolute atomic E-state index is 0.0285. The van der Waals surface area contributed by atoms with Gasteiger partial charge >= 0.3 is 0 Å². The van der Waals surface area contributed by atoms with Gasteiger partial charge in [0.15, 0.2) is 0 Å². The number of hydrogen-bond acceptors (Lipinski definition) is 7. The fourth-order valence-corrected chi connectivity index (χ4v) is 8.19. The first-order chi connectivity index (χ1) is 20.8. The average molecular weight is 597 g/mol. The number of carbonyl (C=O) groups is 1. The number of carbonyl (C=O) groups excluding carboxylic acids is 1. The Bertz CT molecular complexity index is 1410. The molecule has 230 valence electrons. The fourth-order valence-electron chi connectivity index (χ4n) is 8.19. The first-order valence-electron chi connectivity index (χ1n) is 15.5. The summed E-state index contributed by atoms with van der Waals surface area (Å²) in [5, 5.41) is 0. The van der Waals surface area contributed by atoms with Crippen LogP contribution >= 0.6 is 0 Å². The Morgan fingerprint density at radius 2 is 1.95 bits per heavy atom. The van der Waals surface area contributed by atoms with Gasteiger partial charge in [0.2, 0.25) is 5.91 Å². The summed E-state index contributed by atoms with van der Waals surface area (Å²) < 4.78 is 49.2. The maximum atomic E-state index is 14.5. The summed E-state index contributed by atoms with van der Waals surface area (Å²) in [7, 11) is 0. The summed E-state index contributed by atoms with van der Waals surface area (Å²) in [6.45, 7) is 9.90. The normalized spacial score (nSPS) is 26.5. The molecule has 5 aliphatic rings. The molecule has 3 atom stereocenters. The topological polar surface area (TPSA) is 65.0 Å². The second kappa shape index (κ2) is 11.1. The molecule has 1 spiro atoms. The van der Waals surface area contributed by atoms with Crippen molar-refractivity contribution in [2.45, 2.75) is 69.2 Å². The van der Waals surface area contributed by atoms with Gasteiger partial charge in [0, 0.05) is 87.0 Å². The molecule has 2 aromatic heterocycles. The molecule has 2 aromatic rings. The van der Waals surface area contributed by atoms with E-state index in [0.717, 1.165) is 49.3 Å². The van der Waals surface area contributed by atoms with E-state index in [1.807, 2.05) is 24.0 Å². The molecule has 0 bridgehead atoms. The summed E-state index contributed by atoms with van der Waals surface area (Å²) in [5.74, 6) is 0.548. The van der Waals surface area contributed by atoms with Crippen molar-refractivity contribution in [2.24, 2.45) is 0 Å². The second-order valence-corrected chi connectivity index (χ2v) is 12.5. The third-order valence-corrected chi connectivity index (χ3v) is 10.4. The highest BCUT2D eigenvalue weighted by atomic mass is 19.3. The summed E-state index contributed by atoms with van der Waals surface area (Å²) >= 11 is 0. The van der Waals surface area contributed by atoms with Crippen molar-refractivity contribution in [1.29, 1.82) is 0 Å². The fraction of sp³-hybridized carbons (Fsp3) is 0.594. The summed E-state index contributed by atoms with van der Waals surface area (Å²) in [5.41, 5.74) is 3.57. The van der Waals surface area contributed by atoms with E-state index in [1.54, 1.807) is 6.20 Å². The van der Waals surface area contributed by atoms with Gasteiger partial charge in [0.25, 0.3) is 6.43 Å². The number of piperazine rings is 1. The molecule has 1 amide bonds. The Morgan fingerprint density at radius 1 is 1.19 bits per heavy atom. The lowest BCUT2D eigenvalue weighted by Crippen LogP contribution is -2.69. The van der Waals surface area contributed by atoms with E-state index >= 15 is 0 Å². The summed E-state index contributed by atoms with van der Waals surface area (Å²) in [6, 6.07) is 4.56. The Labute approximate surface area is 250 Å². The van der Waals surface area contributed by atoms with Gasteiger partial charge in [-0.05, 0) is 56.7 Å². The van der Waals surface area contributed by atoms with Crippen LogP contribution in [0.4, 0.5) is 24.7 Å². The number of hydrogen-bond donors (Lipinski definition) is 0. The third-order valence-electron chi connectivity index (χ3n) is 10.4. The predicted molar refractivity (Wildman–Crippen MR) is 157 cm³/mol. The molecule has 0 N–H and O–H groups in total. The molecule has 8 nitrogen and oxygen atoms in total. The van der Waals surface area contributed by atoms with Gasteiger partial charge < -0.3 is 19.4 Å². The van der Waals surface area contributed by atoms with Crippen LogP contribution in [-0.2, 0) is 21.6 Å². The van der Waals surface area contributed by atoms with E-state index < -0.39 is 24.8 Å². The number of aryl methyl sites for hydroxylation is 1. The van der Waals surface area contributed by atoms with E-state index in [9.17, 15) is 18.0 Å². The number of aromatic nitrogens is 2. The molecule has 7 rings (SSSR count). The minimum Gasteiger partial charge on any atom is -0.365 e. The van der Waals surface area contributed by atoms with Crippen LogP contribution in [0.25, 0.3) is 0 Å². The lowest BCUT2D eigenvalue weighted by atomic mass is 9.82. The molecule has 7 heterocycles. The van der Waals surface area contributed by atoms with E-state index in [4.69, 9.17) is 4.74 Å². The average Bonchev–Trinajstić information content (AvgIpc) is 3.25. The number of fused-ring (bicyclic) bond motifs is 5. The van der Waals surface area contributed by atoms with Crippen LogP contribution in [0.1, 0.15) is 66.3 Å². The van der Waals surface area contributed by atoms with Gasteiger partial charge in [0.05, 0.1) is 11.3 Å². The maximum Gasteiger partial charge on any atom is 0.280 e. The van der Waals surface area contributed by atoms with Crippen LogP contribution in [0.3, 0.4) is 0 Å². The quantitative estimate of drug-likeness (QED) is 0.472. The van der Waals surface area contributed by atoms with Gasteiger partial charge in [0.1, 0.15) is 24.3 Å². The third kappa shape index (κ3) is 4.70. The van der Waals surface area contributed by atoms with Gasteiger partial charge in [-0.3, -0.25) is 14.7 Å². The molecule has 3 saturated heterocycles. The molecule has 0 aromatic carbocycles. The Kier molecular flexibility index (Phi) is 7.36. The zero-order valence-corrected chi connectivity index (χ0v) is 24.7. The number of piperidine rings is 1. The van der Waals surface area contributed by atoms with Crippen LogP contribution < -0.4 is 9.80 Å². The number of nitrogens with zero attached hydrogens (tertiary/aromatic N) is 6. The van der Waals surface area contributed by atoms with Crippen molar-refractivity contribution in [3.63, 3.8) is 0 Å². The number of alkyl halides is 3. The number of rotatable bonds is 5. The van der Waals surface area contributed by atoms with Crippen LogP contribution in [0, 0.1) is 6.92 Å². The molecular weight excluding hydrogens is 557 g/mol. The number of pyridine rings is 2. The summed E-state index contributed by atoms with van der Waals surface area (Å²) in [6.07, 6.45) is 3.35. The van der Waals surface area contributed by atoms with Crippen LogP contribution in [0.5, 0.6) is 0 Å².